The maximum atomic E-state index is 12.0. The first-order valence-electron chi connectivity index (χ1n) is 8.15. The van der Waals surface area contributed by atoms with Gasteiger partial charge in [0, 0.05) is 30.4 Å². The molecular weight excluding hydrogens is 374 g/mol. The van der Waals surface area contributed by atoms with Gasteiger partial charge in [-0.1, -0.05) is 28.1 Å². The van der Waals surface area contributed by atoms with Crippen LogP contribution >= 0.6 is 15.9 Å². The zero-order valence-electron chi connectivity index (χ0n) is 14.4. The molecule has 0 aliphatic carbocycles. The largest absolute Gasteiger partial charge is 0.462 e. The summed E-state index contributed by atoms with van der Waals surface area (Å²) in [6.07, 6.45) is 1.12. The van der Waals surface area contributed by atoms with Crippen LogP contribution in [0.1, 0.15) is 39.2 Å². The smallest absolute Gasteiger partial charge is 0.410 e. The number of halogens is 1. The molecule has 0 atom stereocenters. The van der Waals surface area contributed by atoms with Crippen molar-refractivity contribution in [3.05, 3.63) is 34.3 Å². The third-order valence-electron chi connectivity index (χ3n) is 3.65. The van der Waals surface area contributed by atoms with Crippen LogP contribution in [0.5, 0.6) is 0 Å². The molecule has 1 saturated heterocycles. The Morgan fingerprint density at radius 3 is 2.29 bits per heavy atom. The van der Waals surface area contributed by atoms with E-state index < -0.39 is 5.60 Å². The summed E-state index contributed by atoms with van der Waals surface area (Å²) in [7, 11) is 0. The number of hydrogen-bond acceptors (Lipinski definition) is 4. The Bertz CT molecular complexity index is 572. The summed E-state index contributed by atoms with van der Waals surface area (Å²) in [6.45, 7) is 6.64. The van der Waals surface area contributed by atoms with Crippen LogP contribution in [-0.2, 0) is 20.7 Å². The van der Waals surface area contributed by atoms with Crippen molar-refractivity contribution >= 4 is 28.0 Å². The van der Waals surface area contributed by atoms with Crippen LogP contribution in [0.2, 0.25) is 0 Å². The van der Waals surface area contributed by atoms with Crippen LogP contribution in [0.4, 0.5) is 4.79 Å². The van der Waals surface area contributed by atoms with Gasteiger partial charge in [-0.15, -0.1) is 0 Å². The number of hydrogen-bond donors (Lipinski definition) is 0. The third-order valence-corrected chi connectivity index (χ3v) is 4.18. The standard InChI is InChI=1S/C18H24BrNO4/c1-18(2,3)24-17(22)20-10-8-15(9-11-20)23-16(21)12-13-4-6-14(19)7-5-13/h4-7,15H,8-12H2,1-3H3. The summed E-state index contributed by atoms with van der Waals surface area (Å²) in [5.74, 6) is -0.229. The molecule has 0 saturated carbocycles. The number of carbonyl (C=O) groups excluding carboxylic acids is 2. The molecule has 1 aromatic rings. The summed E-state index contributed by atoms with van der Waals surface area (Å²) < 4.78 is 11.9. The van der Waals surface area contributed by atoms with Crippen molar-refractivity contribution in [1.82, 2.24) is 4.90 Å². The summed E-state index contributed by atoms with van der Waals surface area (Å²) in [5.41, 5.74) is 0.430. The van der Waals surface area contributed by atoms with Crippen molar-refractivity contribution in [3.8, 4) is 0 Å². The van der Waals surface area contributed by atoms with E-state index in [1.807, 2.05) is 45.0 Å². The van der Waals surface area contributed by atoms with E-state index in [1.54, 1.807) is 4.90 Å². The zero-order valence-corrected chi connectivity index (χ0v) is 16.0. The number of likely N-dealkylation sites (tertiary alicyclic amines) is 1. The van der Waals surface area contributed by atoms with Crippen LogP contribution in [0.3, 0.4) is 0 Å². The van der Waals surface area contributed by atoms with E-state index in [-0.39, 0.29) is 24.6 Å². The number of esters is 1. The quantitative estimate of drug-likeness (QED) is 0.724. The highest BCUT2D eigenvalue weighted by Crippen LogP contribution is 2.18. The highest BCUT2D eigenvalue weighted by Gasteiger charge is 2.28. The molecule has 1 aliphatic rings. The molecule has 0 N–H and O–H groups in total. The molecule has 0 radical (unpaired) electrons. The summed E-state index contributed by atoms with van der Waals surface area (Å²) in [6, 6.07) is 7.61. The van der Waals surface area contributed by atoms with Gasteiger partial charge in [0.1, 0.15) is 11.7 Å². The van der Waals surface area contributed by atoms with Crippen LogP contribution in [0, 0.1) is 0 Å². The Labute approximate surface area is 151 Å². The molecule has 1 fully saturated rings. The van der Waals surface area contributed by atoms with Gasteiger partial charge >= 0.3 is 12.1 Å². The predicted molar refractivity (Wildman–Crippen MR) is 94.8 cm³/mol. The maximum absolute atomic E-state index is 12.0. The van der Waals surface area contributed by atoms with Crippen molar-refractivity contribution in [1.29, 1.82) is 0 Å². The third kappa shape index (κ3) is 6.15. The number of benzene rings is 1. The van der Waals surface area contributed by atoms with E-state index in [4.69, 9.17) is 9.47 Å². The summed E-state index contributed by atoms with van der Waals surface area (Å²) in [5, 5.41) is 0. The molecule has 0 spiro atoms. The first kappa shape index (κ1) is 18.8. The fourth-order valence-electron chi connectivity index (χ4n) is 2.48. The van der Waals surface area contributed by atoms with Crippen molar-refractivity contribution in [2.75, 3.05) is 13.1 Å². The highest BCUT2D eigenvalue weighted by atomic mass is 79.9. The normalized spacial score (nSPS) is 15.9. The molecule has 5 nitrogen and oxygen atoms in total. The monoisotopic (exact) mass is 397 g/mol. The van der Waals surface area contributed by atoms with Gasteiger partial charge in [0.15, 0.2) is 0 Å². The first-order chi connectivity index (χ1) is 11.2. The van der Waals surface area contributed by atoms with Gasteiger partial charge in [-0.25, -0.2) is 4.79 Å². The predicted octanol–water partition coefficient (Wildman–Crippen LogP) is 3.93. The lowest BCUT2D eigenvalue weighted by Crippen LogP contribution is -2.43. The second kappa shape index (κ2) is 8.01. The van der Waals surface area contributed by atoms with E-state index in [1.165, 1.54) is 0 Å². The number of rotatable bonds is 3. The summed E-state index contributed by atoms with van der Waals surface area (Å²) >= 11 is 3.37. The molecule has 6 heteroatoms. The lowest BCUT2D eigenvalue weighted by molar-refractivity contribution is -0.150. The van der Waals surface area contributed by atoms with Crippen LogP contribution in [-0.4, -0.2) is 41.8 Å². The maximum Gasteiger partial charge on any atom is 0.410 e. The van der Waals surface area contributed by atoms with Crippen molar-refractivity contribution in [2.45, 2.75) is 51.7 Å². The molecule has 1 aliphatic heterocycles. The minimum absolute atomic E-state index is 0.133. The van der Waals surface area contributed by atoms with E-state index in [0.717, 1.165) is 10.0 Å². The lowest BCUT2D eigenvalue weighted by Gasteiger charge is -2.33. The number of piperidine rings is 1. The fraction of sp³-hybridized carbons (Fsp3) is 0.556. The number of ether oxygens (including phenoxy) is 2. The molecule has 0 unspecified atom stereocenters. The van der Waals surface area contributed by atoms with Gasteiger partial charge in [0.2, 0.25) is 0 Å². The van der Waals surface area contributed by atoms with Crippen molar-refractivity contribution < 1.29 is 19.1 Å². The van der Waals surface area contributed by atoms with Gasteiger partial charge in [-0.05, 0) is 38.5 Å². The molecule has 24 heavy (non-hydrogen) atoms. The van der Waals surface area contributed by atoms with Gasteiger partial charge in [-0.3, -0.25) is 4.79 Å². The van der Waals surface area contributed by atoms with Crippen LogP contribution < -0.4 is 0 Å². The van der Waals surface area contributed by atoms with Gasteiger partial charge < -0.3 is 14.4 Å². The van der Waals surface area contributed by atoms with Gasteiger partial charge in [0.25, 0.3) is 0 Å². The molecule has 2 rings (SSSR count). The SMILES string of the molecule is CC(C)(C)OC(=O)N1CCC(OC(=O)Cc2ccc(Br)cc2)CC1. The van der Waals surface area contributed by atoms with Crippen molar-refractivity contribution in [3.63, 3.8) is 0 Å². The number of carbonyl (C=O) groups is 2. The van der Waals surface area contributed by atoms with E-state index >= 15 is 0 Å². The zero-order chi connectivity index (χ0) is 17.7. The fourth-order valence-corrected chi connectivity index (χ4v) is 2.74. The molecule has 132 valence electrons. The molecular formula is C18H24BrNO4. The van der Waals surface area contributed by atoms with Gasteiger partial charge in [-0.2, -0.15) is 0 Å². The first-order valence-corrected chi connectivity index (χ1v) is 8.94. The Balaban J connectivity index is 1.75. The number of amides is 1. The minimum Gasteiger partial charge on any atom is -0.462 e. The molecule has 1 amide bonds. The lowest BCUT2D eigenvalue weighted by atomic mass is 10.1. The Hall–Kier alpha value is -1.56. The second-order valence-corrected chi connectivity index (χ2v) is 7.88. The van der Waals surface area contributed by atoms with Crippen molar-refractivity contribution in [2.24, 2.45) is 0 Å². The van der Waals surface area contributed by atoms with Crippen LogP contribution in [0.25, 0.3) is 0 Å². The van der Waals surface area contributed by atoms with Gasteiger partial charge in [0.05, 0.1) is 6.42 Å². The molecule has 0 bridgehead atoms. The highest BCUT2D eigenvalue weighted by molar-refractivity contribution is 9.10. The Morgan fingerprint density at radius 2 is 1.75 bits per heavy atom. The van der Waals surface area contributed by atoms with Crippen LogP contribution in [0.15, 0.2) is 28.7 Å². The number of nitrogens with zero attached hydrogens (tertiary/aromatic N) is 1. The Morgan fingerprint density at radius 1 is 1.17 bits per heavy atom. The Kier molecular flexibility index (Phi) is 6.27. The van der Waals surface area contributed by atoms with E-state index in [9.17, 15) is 9.59 Å². The average Bonchev–Trinajstić information content (AvgIpc) is 2.48. The minimum atomic E-state index is -0.495. The molecule has 1 aromatic carbocycles. The topological polar surface area (TPSA) is 55.8 Å². The summed E-state index contributed by atoms with van der Waals surface area (Å²) in [4.78, 5) is 25.7. The average molecular weight is 398 g/mol. The second-order valence-electron chi connectivity index (χ2n) is 6.96. The van der Waals surface area contributed by atoms with E-state index in [2.05, 4.69) is 15.9 Å². The molecule has 1 heterocycles. The molecule has 0 aromatic heterocycles. The van der Waals surface area contributed by atoms with E-state index in [0.29, 0.717) is 25.9 Å².